The molecule has 1 aliphatic carbocycles. The van der Waals surface area contributed by atoms with Crippen LogP contribution in [0.1, 0.15) is 62.4 Å². The maximum absolute atomic E-state index is 16.5. The van der Waals surface area contributed by atoms with Gasteiger partial charge in [-0.2, -0.15) is 5.10 Å². The molecule has 206 valence electrons. The highest BCUT2D eigenvalue weighted by molar-refractivity contribution is 6.30. The number of nitrogens with zero attached hydrogens (tertiary/aromatic N) is 4. The van der Waals surface area contributed by atoms with Crippen molar-refractivity contribution in [1.82, 2.24) is 19.7 Å². The average molecular weight is 581 g/mol. The number of hydrogen-bond acceptors (Lipinski definition) is 6. The average Bonchev–Trinajstić information content (AvgIpc) is 3.36. The Kier molecular flexibility index (Phi) is 8.14. The number of ketones is 1. The van der Waals surface area contributed by atoms with Gasteiger partial charge in [0.05, 0.1) is 28.6 Å². The second-order valence-corrected chi connectivity index (χ2v) is 10.8. The number of aromatic nitrogens is 3. The van der Waals surface area contributed by atoms with E-state index in [1.54, 1.807) is 56.7 Å². The van der Waals surface area contributed by atoms with E-state index in [0.29, 0.717) is 27.6 Å². The molecule has 0 aliphatic heterocycles. The van der Waals surface area contributed by atoms with Crippen LogP contribution in [0.5, 0.6) is 0 Å². The number of aryl methyl sites for hydroxylation is 1. The summed E-state index contributed by atoms with van der Waals surface area (Å²) in [7, 11) is 3.47. The second-order valence-electron chi connectivity index (χ2n) is 9.92. The molecule has 2 heterocycles. The molecule has 4 aromatic rings. The number of aldehydes is 1. The summed E-state index contributed by atoms with van der Waals surface area (Å²) in [6.45, 7) is 0.237. The molecule has 0 unspecified atom stereocenters. The van der Waals surface area contributed by atoms with Crippen molar-refractivity contribution in [2.45, 2.75) is 37.6 Å². The smallest absolute Gasteiger partial charge is 0.196 e. The molecule has 1 aliphatic rings. The van der Waals surface area contributed by atoms with Crippen LogP contribution >= 0.6 is 23.2 Å². The van der Waals surface area contributed by atoms with Gasteiger partial charge in [-0.3, -0.25) is 24.2 Å². The summed E-state index contributed by atoms with van der Waals surface area (Å²) in [4.78, 5) is 32.0. The molecule has 5 rings (SSSR count). The molecule has 0 spiro atoms. The monoisotopic (exact) mass is 580 g/mol. The zero-order chi connectivity index (χ0) is 28.4. The van der Waals surface area contributed by atoms with Gasteiger partial charge in [-0.15, -0.1) is 0 Å². The van der Waals surface area contributed by atoms with Gasteiger partial charge in [-0.25, -0.2) is 4.39 Å². The Morgan fingerprint density at radius 3 is 2.42 bits per heavy atom. The van der Waals surface area contributed by atoms with Crippen LogP contribution in [-0.2, 0) is 24.1 Å². The van der Waals surface area contributed by atoms with E-state index in [0.717, 1.165) is 25.3 Å². The van der Waals surface area contributed by atoms with E-state index in [4.69, 9.17) is 27.9 Å². The third-order valence-electron chi connectivity index (χ3n) is 7.17. The molecule has 1 atom stereocenters. The largest absolute Gasteiger partial charge is 0.348 e. The van der Waals surface area contributed by atoms with E-state index >= 15 is 4.39 Å². The van der Waals surface area contributed by atoms with E-state index in [2.05, 4.69) is 10.1 Å². The lowest BCUT2D eigenvalue weighted by molar-refractivity contribution is -0.183. The number of rotatable bonds is 10. The molecular weight excluding hydrogens is 554 g/mol. The molecule has 1 fully saturated rings. The Morgan fingerprint density at radius 1 is 1.12 bits per heavy atom. The lowest BCUT2D eigenvalue weighted by atomic mass is 9.85. The number of pyridine rings is 1. The van der Waals surface area contributed by atoms with Gasteiger partial charge in [-0.1, -0.05) is 35.3 Å². The number of ether oxygens (including phenoxy) is 1. The van der Waals surface area contributed by atoms with E-state index < -0.39 is 17.3 Å². The summed E-state index contributed by atoms with van der Waals surface area (Å²) in [5.74, 6) is -1.19. The van der Waals surface area contributed by atoms with Crippen LogP contribution in [0, 0.1) is 5.82 Å². The second kappa shape index (κ2) is 11.6. The Balaban J connectivity index is 1.71. The fourth-order valence-corrected chi connectivity index (χ4v) is 5.18. The fraction of sp³-hybridized carbons (Fsp3) is 0.267. The highest BCUT2D eigenvalue weighted by Gasteiger charge is 2.47. The minimum absolute atomic E-state index is 0.00238. The minimum Gasteiger partial charge on any atom is -0.348 e. The molecule has 2 aromatic heterocycles. The summed E-state index contributed by atoms with van der Waals surface area (Å²) < 4.78 is 24.7. The molecule has 2 aromatic carbocycles. The molecule has 10 heteroatoms. The van der Waals surface area contributed by atoms with E-state index in [1.165, 1.54) is 23.1 Å². The Morgan fingerprint density at radius 2 is 1.85 bits per heavy atom. The lowest BCUT2D eigenvalue weighted by Crippen LogP contribution is -2.51. The van der Waals surface area contributed by atoms with Crippen molar-refractivity contribution >= 4 is 35.3 Å². The summed E-state index contributed by atoms with van der Waals surface area (Å²) in [5.41, 5.74) is 0.0210. The topological polar surface area (TPSA) is 77.3 Å². The first-order chi connectivity index (χ1) is 19.2. The predicted octanol–water partition coefficient (Wildman–Crippen LogP) is 6.21. The third kappa shape index (κ3) is 5.45. The highest BCUT2D eigenvalue weighted by Crippen LogP contribution is 2.44. The fourth-order valence-electron chi connectivity index (χ4n) is 4.95. The first-order valence-electron chi connectivity index (χ1n) is 12.8. The summed E-state index contributed by atoms with van der Waals surface area (Å²) >= 11 is 12.3. The first-order valence-corrected chi connectivity index (χ1v) is 13.5. The molecule has 7 nitrogen and oxygen atoms in total. The van der Waals surface area contributed by atoms with Crippen LogP contribution < -0.4 is 0 Å². The van der Waals surface area contributed by atoms with Gasteiger partial charge in [0.25, 0.3) is 0 Å². The van der Waals surface area contributed by atoms with Crippen molar-refractivity contribution < 1.29 is 18.7 Å². The van der Waals surface area contributed by atoms with Gasteiger partial charge < -0.3 is 4.74 Å². The molecular formula is C30H27Cl2FN4O3. The van der Waals surface area contributed by atoms with Crippen LogP contribution in [0.2, 0.25) is 10.0 Å². The van der Waals surface area contributed by atoms with Gasteiger partial charge >= 0.3 is 0 Å². The Bertz CT molecular complexity index is 1540. The highest BCUT2D eigenvalue weighted by atomic mass is 35.5. The minimum atomic E-state index is -1.55. The van der Waals surface area contributed by atoms with Gasteiger partial charge in [-0.05, 0) is 62.7 Å². The molecule has 1 saturated carbocycles. The number of carbonyl (C=O) groups is 2. The van der Waals surface area contributed by atoms with E-state index in [9.17, 15) is 9.59 Å². The van der Waals surface area contributed by atoms with Crippen molar-refractivity contribution in [3.63, 3.8) is 0 Å². The van der Waals surface area contributed by atoms with Crippen molar-refractivity contribution in [2.24, 2.45) is 7.05 Å². The first kappa shape index (κ1) is 28.1. The van der Waals surface area contributed by atoms with Crippen LogP contribution in [0.25, 0.3) is 0 Å². The maximum Gasteiger partial charge on any atom is 0.196 e. The zero-order valence-corrected chi connectivity index (χ0v) is 23.5. The van der Waals surface area contributed by atoms with Gasteiger partial charge in [0.1, 0.15) is 5.82 Å². The number of halogens is 3. The molecule has 0 amide bonds. The molecule has 0 radical (unpaired) electrons. The zero-order valence-electron chi connectivity index (χ0n) is 22.0. The Labute approximate surface area is 241 Å². The van der Waals surface area contributed by atoms with Gasteiger partial charge in [0.2, 0.25) is 0 Å². The van der Waals surface area contributed by atoms with E-state index in [-0.39, 0.29) is 34.9 Å². The SMILES string of the molecule is CN(Cc1ccc(Cl)cn1)[C@@](OC1CCC1)(c1ccc(Cl)cc1)c1c(F)cc(C(=O)c2cnn(C)c2)cc1C=O. The number of carbonyl (C=O) groups excluding carboxylic acids is 2. The van der Waals surface area contributed by atoms with Gasteiger partial charge in [0, 0.05) is 53.3 Å². The standard InChI is InChI=1S/C30H27Cl2FN4O3/c1-36(17-25-11-10-24(32)15-34-25)30(40-26-4-3-5-26,22-6-8-23(31)9-7-22)28-20(18-38)12-19(13-27(28)33)29(39)21-14-35-37(2)16-21/h6-16,18,26H,3-5,17H2,1-2H3/t30-/m1/s1. The molecule has 0 saturated heterocycles. The summed E-state index contributed by atoms with van der Waals surface area (Å²) in [5, 5.41) is 5.02. The summed E-state index contributed by atoms with van der Waals surface area (Å²) in [6.07, 6.45) is 7.42. The van der Waals surface area contributed by atoms with Gasteiger partial charge in [0.15, 0.2) is 17.8 Å². The maximum atomic E-state index is 16.5. The van der Waals surface area contributed by atoms with Crippen molar-refractivity contribution in [3.8, 4) is 0 Å². The Hall–Kier alpha value is -3.43. The lowest BCUT2D eigenvalue weighted by Gasteiger charge is -2.47. The number of hydrogen-bond donors (Lipinski definition) is 0. The van der Waals surface area contributed by atoms with Crippen molar-refractivity contribution in [3.05, 3.63) is 116 Å². The quantitative estimate of drug-likeness (QED) is 0.126. The molecule has 40 heavy (non-hydrogen) atoms. The van der Waals surface area contributed by atoms with Crippen LogP contribution in [-0.4, -0.2) is 44.9 Å². The number of benzene rings is 2. The van der Waals surface area contributed by atoms with Crippen molar-refractivity contribution in [2.75, 3.05) is 7.05 Å². The van der Waals surface area contributed by atoms with Crippen LogP contribution in [0.3, 0.4) is 0 Å². The van der Waals surface area contributed by atoms with Crippen LogP contribution in [0.4, 0.5) is 4.39 Å². The van der Waals surface area contributed by atoms with Crippen molar-refractivity contribution in [1.29, 1.82) is 0 Å². The predicted molar refractivity (Wildman–Crippen MR) is 150 cm³/mol. The van der Waals surface area contributed by atoms with Crippen LogP contribution in [0.15, 0.2) is 67.1 Å². The summed E-state index contributed by atoms with van der Waals surface area (Å²) in [6, 6.07) is 13.0. The molecule has 0 N–H and O–H groups in total. The normalized spacial score (nSPS) is 15.1. The third-order valence-corrected chi connectivity index (χ3v) is 7.64. The van der Waals surface area contributed by atoms with E-state index in [1.807, 2.05) is 4.90 Å². The molecule has 0 bridgehead atoms.